The van der Waals surface area contributed by atoms with Crippen LogP contribution >= 0.6 is 24.0 Å². The summed E-state index contributed by atoms with van der Waals surface area (Å²) in [7, 11) is 0. The van der Waals surface area contributed by atoms with Crippen molar-refractivity contribution in [1.29, 1.82) is 0 Å². The normalized spacial score (nSPS) is 20.0. The fourth-order valence-electron chi connectivity index (χ4n) is 3.76. The van der Waals surface area contributed by atoms with Crippen LogP contribution in [0.4, 0.5) is 0 Å². The van der Waals surface area contributed by atoms with Gasteiger partial charge in [-0.3, -0.25) is 14.9 Å². The quantitative estimate of drug-likeness (QED) is 0.340. The minimum atomic E-state index is 0. The van der Waals surface area contributed by atoms with Crippen LogP contribution in [0.25, 0.3) is 0 Å². The van der Waals surface area contributed by atoms with Crippen LogP contribution in [0.2, 0.25) is 0 Å². The van der Waals surface area contributed by atoms with Gasteiger partial charge in [0, 0.05) is 50.7 Å². The molecule has 1 aliphatic rings. The van der Waals surface area contributed by atoms with Gasteiger partial charge in [0.15, 0.2) is 5.96 Å². The predicted molar refractivity (Wildman–Crippen MR) is 132 cm³/mol. The van der Waals surface area contributed by atoms with Crippen LogP contribution in [0.3, 0.4) is 0 Å². The van der Waals surface area contributed by atoms with E-state index in [0.717, 1.165) is 51.4 Å². The topological polar surface area (TPSA) is 52.6 Å². The lowest BCUT2D eigenvalue weighted by atomic mass is 9.97. The third kappa shape index (κ3) is 7.93. The Hall–Kier alpha value is -1.67. The maximum Gasteiger partial charge on any atom is 0.191 e. The minimum absolute atomic E-state index is 0. The number of hydrogen-bond donors (Lipinski definition) is 2. The highest BCUT2D eigenvalue weighted by molar-refractivity contribution is 14.0. The van der Waals surface area contributed by atoms with Gasteiger partial charge in [-0.2, -0.15) is 0 Å². The van der Waals surface area contributed by atoms with Crippen molar-refractivity contribution in [2.75, 3.05) is 19.6 Å². The van der Waals surface area contributed by atoms with Crippen LogP contribution < -0.4 is 10.6 Å². The highest BCUT2D eigenvalue weighted by Crippen LogP contribution is 2.19. The van der Waals surface area contributed by atoms with Crippen molar-refractivity contribution in [3.8, 4) is 0 Å². The lowest BCUT2D eigenvalue weighted by molar-refractivity contribution is 0.134. The predicted octanol–water partition coefficient (Wildman–Crippen LogP) is 3.85. The highest BCUT2D eigenvalue weighted by Gasteiger charge is 2.25. The number of piperidine rings is 1. The molecule has 0 spiro atoms. The van der Waals surface area contributed by atoms with Crippen LogP contribution in [0, 0.1) is 0 Å². The molecular weight excluding hydrogens is 473 g/mol. The molecule has 2 heterocycles. The maximum absolute atomic E-state index is 4.77. The first-order valence-electron chi connectivity index (χ1n) is 10.5. The van der Waals surface area contributed by atoms with E-state index in [2.05, 4.69) is 70.8 Å². The Balaban J connectivity index is 0.00000300. The molecule has 0 bridgehead atoms. The van der Waals surface area contributed by atoms with Gasteiger partial charge >= 0.3 is 0 Å². The van der Waals surface area contributed by atoms with Gasteiger partial charge in [-0.05, 0) is 50.3 Å². The Kier molecular flexibility index (Phi) is 10.4. The van der Waals surface area contributed by atoms with E-state index in [4.69, 9.17) is 4.99 Å². The van der Waals surface area contributed by atoms with Crippen LogP contribution in [0.1, 0.15) is 37.8 Å². The highest BCUT2D eigenvalue weighted by atomic mass is 127. The Labute approximate surface area is 192 Å². The number of aliphatic imine (C=N–C) groups is 1. The largest absolute Gasteiger partial charge is 0.357 e. The average Bonchev–Trinajstić information content (AvgIpc) is 2.72. The molecule has 1 aromatic heterocycles. The number of halogens is 1. The molecule has 0 radical (unpaired) electrons. The Bertz CT molecular complexity index is 723. The van der Waals surface area contributed by atoms with Gasteiger partial charge in [-0.1, -0.05) is 36.4 Å². The van der Waals surface area contributed by atoms with Crippen molar-refractivity contribution in [3.05, 3.63) is 66.0 Å². The van der Waals surface area contributed by atoms with Crippen molar-refractivity contribution in [2.45, 2.75) is 51.7 Å². The number of benzene rings is 1. The molecule has 1 fully saturated rings. The first-order valence-corrected chi connectivity index (χ1v) is 10.5. The van der Waals surface area contributed by atoms with E-state index in [9.17, 15) is 0 Å². The van der Waals surface area contributed by atoms with Crippen molar-refractivity contribution < 1.29 is 0 Å². The first-order chi connectivity index (χ1) is 13.7. The molecule has 29 heavy (non-hydrogen) atoms. The van der Waals surface area contributed by atoms with Gasteiger partial charge in [0.1, 0.15) is 0 Å². The summed E-state index contributed by atoms with van der Waals surface area (Å²) in [6.45, 7) is 8.24. The monoisotopic (exact) mass is 507 g/mol. The third-order valence-corrected chi connectivity index (χ3v) is 5.32. The summed E-state index contributed by atoms with van der Waals surface area (Å²) >= 11 is 0. The van der Waals surface area contributed by atoms with Crippen LogP contribution in [-0.2, 0) is 13.0 Å². The smallest absolute Gasteiger partial charge is 0.191 e. The maximum atomic E-state index is 4.77. The van der Waals surface area contributed by atoms with Crippen molar-refractivity contribution in [2.24, 2.45) is 4.99 Å². The van der Waals surface area contributed by atoms with Crippen LogP contribution in [0.5, 0.6) is 0 Å². The third-order valence-electron chi connectivity index (χ3n) is 5.32. The fraction of sp³-hybridized carbons (Fsp3) is 0.478. The number of nitrogens with one attached hydrogen (secondary N) is 2. The van der Waals surface area contributed by atoms with Crippen molar-refractivity contribution >= 4 is 29.9 Å². The molecule has 3 rings (SSSR count). The summed E-state index contributed by atoms with van der Waals surface area (Å²) in [6.07, 6.45) is 6.92. The number of nitrogens with zero attached hydrogens (tertiary/aromatic N) is 3. The lowest BCUT2D eigenvalue weighted by Crippen LogP contribution is -2.51. The van der Waals surface area contributed by atoms with Gasteiger partial charge in [0.2, 0.25) is 0 Å². The van der Waals surface area contributed by atoms with Gasteiger partial charge in [0.05, 0.1) is 0 Å². The van der Waals surface area contributed by atoms with Crippen LogP contribution in [-0.4, -0.2) is 47.6 Å². The van der Waals surface area contributed by atoms with Gasteiger partial charge in [-0.15, -0.1) is 24.0 Å². The zero-order valence-corrected chi connectivity index (χ0v) is 19.9. The molecular formula is C23H34IN5. The van der Waals surface area contributed by atoms with Crippen LogP contribution in [0.15, 0.2) is 59.9 Å². The van der Waals surface area contributed by atoms with Crippen molar-refractivity contribution in [3.63, 3.8) is 0 Å². The molecule has 1 aliphatic heterocycles. The number of pyridine rings is 1. The molecule has 0 aliphatic carbocycles. The Morgan fingerprint density at radius 3 is 2.66 bits per heavy atom. The van der Waals surface area contributed by atoms with Gasteiger partial charge < -0.3 is 10.6 Å². The molecule has 2 N–H and O–H groups in total. The van der Waals surface area contributed by atoms with E-state index in [0.29, 0.717) is 12.1 Å². The molecule has 2 aromatic rings. The Morgan fingerprint density at radius 2 is 1.97 bits per heavy atom. The van der Waals surface area contributed by atoms with E-state index >= 15 is 0 Å². The second-order valence-electron chi connectivity index (χ2n) is 7.54. The summed E-state index contributed by atoms with van der Waals surface area (Å²) in [4.78, 5) is 11.5. The van der Waals surface area contributed by atoms with E-state index in [1.54, 1.807) is 0 Å². The minimum Gasteiger partial charge on any atom is -0.357 e. The standard InChI is InChI=1S/C23H33N5.HI/c1-3-25-23(26-14-11-20-10-7-13-24-17-20)27-22-12-15-28(19(2)16-22)18-21-8-5-4-6-9-21;/h4-10,13,17,19,22H,3,11-12,14-16,18H2,1-2H3,(H2,25,26,27);1H. The molecule has 0 amide bonds. The molecule has 1 aromatic carbocycles. The molecule has 5 nitrogen and oxygen atoms in total. The zero-order valence-electron chi connectivity index (χ0n) is 17.6. The second kappa shape index (κ2) is 12.8. The summed E-state index contributed by atoms with van der Waals surface area (Å²) in [6, 6.07) is 15.9. The first kappa shape index (κ1) is 23.6. The summed E-state index contributed by atoms with van der Waals surface area (Å²) in [5.41, 5.74) is 2.62. The van der Waals surface area contributed by atoms with Crippen molar-refractivity contribution in [1.82, 2.24) is 20.5 Å². The van der Waals surface area contributed by atoms with Gasteiger partial charge in [-0.25, -0.2) is 0 Å². The molecule has 0 saturated carbocycles. The number of hydrogen-bond acceptors (Lipinski definition) is 3. The molecule has 1 saturated heterocycles. The number of likely N-dealkylation sites (tertiary alicyclic amines) is 1. The number of rotatable bonds is 7. The van der Waals surface area contributed by atoms with E-state index in [1.165, 1.54) is 11.1 Å². The molecule has 2 unspecified atom stereocenters. The fourth-order valence-corrected chi connectivity index (χ4v) is 3.76. The second-order valence-corrected chi connectivity index (χ2v) is 7.54. The molecule has 6 heteroatoms. The SMILES string of the molecule is CCNC(=NCCc1cccnc1)NC1CCN(Cc2ccccc2)C(C)C1.I. The summed E-state index contributed by atoms with van der Waals surface area (Å²) in [5.74, 6) is 0.931. The van der Waals surface area contributed by atoms with E-state index < -0.39 is 0 Å². The lowest BCUT2D eigenvalue weighted by Gasteiger charge is -2.38. The molecule has 2 atom stereocenters. The van der Waals surface area contributed by atoms with Gasteiger partial charge in [0.25, 0.3) is 0 Å². The van der Waals surface area contributed by atoms with E-state index in [-0.39, 0.29) is 24.0 Å². The zero-order chi connectivity index (χ0) is 19.6. The summed E-state index contributed by atoms with van der Waals surface area (Å²) < 4.78 is 0. The summed E-state index contributed by atoms with van der Waals surface area (Å²) in [5, 5.41) is 7.05. The van der Waals surface area contributed by atoms with E-state index in [1.807, 2.05) is 18.5 Å². The Morgan fingerprint density at radius 1 is 1.17 bits per heavy atom. The molecule has 158 valence electrons. The number of guanidine groups is 1. The average molecular weight is 507 g/mol. The number of aromatic nitrogens is 1.